The minimum absolute atomic E-state index is 0.0526. The highest BCUT2D eigenvalue weighted by atomic mass is 16.3. The summed E-state index contributed by atoms with van der Waals surface area (Å²) in [4.78, 5) is 17.6. The van der Waals surface area contributed by atoms with Gasteiger partial charge in [-0.2, -0.15) is 0 Å². The van der Waals surface area contributed by atoms with Crippen molar-refractivity contribution in [2.75, 3.05) is 23.3 Å². The summed E-state index contributed by atoms with van der Waals surface area (Å²) in [6.45, 7) is 4.28. The van der Waals surface area contributed by atoms with Crippen LogP contribution in [0.5, 0.6) is 0 Å². The summed E-state index contributed by atoms with van der Waals surface area (Å²) < 4.78 is 0. The average Bonchev–Trinajstić information content (AvgIpc) is 2.72. The smallest absolute Gasteiger partial charge is 0.253 e. The maximum atomic E-state index is 12.4. The third-order valence-electron chi connectivity index (χ3n) is 5.51. The van der Waals surface area contributed by atoms with Gasteiger partial charge in [0.05, 0.1) is 6.10 Å². The van der Waals surface area contributed by atoms with Crippen LogP contribution in [0.1, 0.15) is 30.9 Å². The maximum absolute atomic E-state index is 12.4. The molecular weight excluding hydrogens is 350 g/mol. The Balaban J connectivity index is 1.46. The van der Waals surface area contributed by atoms with Crippen molar-refractivity contribution >= 4 is 22.3 Å². The van der Waals surface area contributed by atoms with Crippen LogP contribution >= 0.6 is 0 Å². The van der Waals surface area contributed by atoms with Gasteiger partial charge in [-0.05, 0) is 72.7 Å². The molecule has 0 saturated carbocycles. The molecule has 1 fully saturated rings. The number of aliphatic hydroxyl groups is 1. The van der Waals surface area contributed by atoms with Gasteiger partial charge < -0.3 is 20.3 Å². The Kier molecular flexibility index (Phi) is 5.35. The first-order valence-corrected chi connectivity index (χ1v) is 10.0. The Labute approximate surface area is 165 Å². The highest BCUT2D eigenvalue weighted by Gasteiger charge is 2.17. The first-order valence-electron chi connectivity index (χ1n) is 10.0. The van der Waals surface area contributed by atoms with Crippen molar-refractivity contribution < 1.29 is 5.11 Å². The van der Waals surface area contributed by atoms with Gasteiger partial charge in [-0.25, -0.2) is 0 Å². The van der Waals surface area contributed by atoms with Gasteiger partial charge in [0, 0.05) is 42.1 Å². The van der Waals surface area contributed by atoms with Crippen molar-refractivity contribution in [2.45, 2.75) is 38.8 Å². The number of pyridine rings is 1. The molecule has 146 valence electrons. The molecule has 3 aromatic rings. The fourth-order valence-corrected chi connectivity index (χ4v) is 3.83. The van der Waals surface area contributed by atoms with Gasteiger partial charge in [-0.3, -0.25) is 4.79 Å². The van der Waals surface area contributed by atoms with Gasteiger partial charge in [0.15, 0.2) is 0 Å². The number of H-pyrrole nitrogens is 1. The van der Waals surface area contributed by atoms with E-state index in [0.29, 0.717) is 13.1 Å². The summed E-state index contributed by atoms with van der Waals surface area (Å²) in [6.07, 6.45) is 2.64. The molecule has 0 unspecified atom stereocenters. The normalized spacial score (nSPS) is 17.1. The molecule has 0 amide bonds. The van der Waals surface area contributed by atoms with E-state index in [1.807, 2.05) is 24.3 Å². The summed E-state index contributed by atoms with van der Waals surface area (Å²) in [5, 5.41) is 14.3. The number of anilines is 2. The van der Waals surface area contributed by atoms with Crippen LogP contribution in [0.4, 0.5) is 11.4 Å². The first kappa shape index (κ1) is 18.6. The Bertz CT molecular complexity index is 1010. The maximum Gasteiger partial charge on any atom is 0.253 e. The molecule has 0 spiro atoms. The summed E-state index contributed by atoms with van der Waals surface area (Å²) in [5.74, 6) is 0. The van der Waals surface area contributed by atoms with Crippen molar-refractivity contribution in [3.05, 3.63) is 70.0 Å². The summed E-state index contributed by atoms with van der Waals surface area (Å²) in [7, 11) is 0. The third-order valence-corrected chi connectivity index (χ3v) is 5.51. The highest BCUT2D eigenvalue weighted by Crippen LogP contribution is 2.22. The van der Waals surface area contributed by atoms with Gasteiger partial charge >= 0.3 is 0 Å². The van der Waals surface area contributed by atoms with E-state index in [1.54, 1.807) is 0 Å². The molecule has 1 aromatic heterocycles. The molecule has 2 aromatic carbocycles. The minimum Gasteiger partial charge on any atom is -0.391 e. The van der Waals surface area contributed by atoms with Gasteiger partial charge in [0.2, 0.25) is 0 Å². The standard InChI is InChI=1S/C23H27N3O2/c1-2-16-5-10-22-17(12-16)13-18(23(28)25-22)14-24-19-6-8-20(9-7-19)26-11-3-4-21(27)15-26/h5-10,12-13,21,24,27H,2-4,11,14-15H2,1H3,(H,25,28)/t21-/m1/s1. The lowest BCUT2D eigenvalue weighted by atomic mass is 10.1. The molecule has 5 heteroatoms. The Morgan fingerprint density at radius 2 is 2.00 bits per heavy atom. The number of aliphatic hydroxyl groups excluding tert-OH is 1. The molecule has 1 aliphatic heterocycles. The number of aromatic nitrogens is 1. The van der Waals surface area contributed by atoms with E-state index >= 15 is 0 Å². The van der Waals surface area contributed by atoms with Gasteiger partial charge in [-0.15, -0.1) is 0 Å². The number of rotatable bonds is 5. The SMILES string of the molecule is CCc1ccc2[nH]c(=O)c(CNc3ccc(N4CCC[C@@H](O)C4)cc3)cc2c1. The molecule has 0 radical (unpaired) electrons. The van der Waals surface area contributed by atoms with Crippen molar-refractivity contribution in [1.29, 1.82) is 0 Å². The van der Waals surface area contributed by atoms with E-state index in [2.05, 4.69) is 46.4 Å². The predicted octanol–water partition coefficient (Wildman–Crippen LogP) is 3.66. The second-order valence-electron chi connectivity index (χ2n) is 7.54. The molecular formula is C23H27N3O2. The second-order valence-corrected chi connectivity index (χ2v) is 7.54. The number of piperidine rings is 1. The summed E-state index contributed by atoms with van der Waals surface area (Å²) >= 11 is 0. The van der Waals surface area contributed by atoms with Crippen LogP contribution in [-0.4, -0.2) is 29.3 Å². The predicted molar refractivity (Wildman–Crippen MR) is 115 cm³/mol. The average molecular weight is 377 g/mol. The number of nitrogens with one attached hydrogen (secondary N) is 2. The van der Waals surface area contributed by atoms with Crippen molar-refractivity contribution in [2.24, 2.45) is 0 Å². The highest BCUT2D eigenvalue weighted by molar-refractivity contribution is 5.79. The molecule has 4 rings (SSSR count). The minimum atomic E-state index is -0.237. The van der Waals surface area contributed by atoms with E-state index < -0.39 is 0 Å². The lowest BCUT2D eigenvalue weighted by Gasteiger charge is -2.32. The number of nitrogens with zero attached hydrogens (tertiary/aromatic N) is 1. The molecule has 2 heterocycles. The third kappa shape index (κ3) is 4.04. The van der Waals surface area contributed by atoms with Gasteiger partial charge in [-0.1, -0.05) is 13.0 Å². The van der Waals surface area contributed by atoms with Crippen molar-refractivity contribution in [3.8, 4) is 0 Å². The monoisotopic (exact) mass is 377 g/mol. The first-order chi connectivity index (χ1) is 13.6. The van der Waals surface area contributed by atoms with Gasteiger partial charge in [0.25, 0.3) is 5.56 Å². The lowest BCUT2D eigenvalue weighted by Crippen LogP contribution is -2.38. The lowest BCUT2D eigenvalue weighted by molar-refractivity contribution is 0.154. The topological polar surface area (TPSA) is 68.4 Å². The molecule has 5 nitrogen and oxygen atoms in total. The molecule has 0 bridgehead atoms. The summed E-state index contributed by atoms with van der Waals surface area (Å²) in [5.41, 5.74) is 4.91. The number of β-amino-alcohol motifs (C(OH)–C–C–N with tert-alkyl or cyclic N) is 1. The number of fused-ring (bicyclic) bond motifs is 1. The van der Waals surface area contributed by atoms with E-state index in [-0.39, 0.29) is 11.7 Å². The summed E-state index contributed by atoms with van der Waals surface area (Å²) in [6, 6.07) is 16.3. The van der Waals surface area contributed by atoms with Crippen LogP contribution in [0, 0.1) is 0 Å². The zero-order chi connectivity index (χ0) is 19.5. The van der Waals surface area contributed by atoms with Crippen LogP contribution in [0.3, 0.4) is 0 Å². The number of aromatic amines is 1. The van der Waals surface area contributed by atoms with Crippen molar-refractivity contribution in [1.82, 2.24) is 4.98 Å². The molecule has 28 heavy (non-hydrogen) atoms. The number of benzene rings is 2. The van der Waals surface area contributed by atoms with E-state index in [1.165, 1.54) is 5.56 Å². The molecule has 0 aliphatic carbocycles. The fraction of sp³-hybridized carbons (Fsp3) is 0.348. The number of aryl methyl sites for hydroxylation is 1. The Hall–Kier alpha value is -2.79. The van der Waals surface area contributed by atoms with Crippen molar-refractivity contribution in [3.63, 3.8) is 0 Å². The quantitative estimate of drug-likeness (QED) is 0.635. The zero-order valence-electron chi connectivity index (χ0n) is 16.2. The zero-order valence-corrected chi connectivity index (χ0v) is 16.2. The van der Waals surface area contributed by atoms with E-state index in [4.69, 9.17) is 0 Å². The molecule has 3 N–H and O–H groups in total. The largest absolute Gasteiger partial charge is 0.391 e. The van der Waals surface area contributed by atoms with Crippen LogP contribution in [0.15, 0.2) is 53.3 Å². The van der Waals surface area contributed by atoms with E-state index in [9.17, 15) is 9.90 Å². The fourth-order valence-electron chi connectivity index (χ4n) is 3.83. The van der Waals surface area contributed by atoms with Crippen LogP contribution in [0.25, 0.3) is 10.9 Å². The van der Waals surface area contributed by atoms with Crippen LogP contribution in [-0.2, 0) is 13.0 Å². The van der Waals surface area contributed by atoms with Crippen LogP contribution in [0.2, 0.25) is 0 Å². The number of hydrogen-bond acceptors (Lipinski definition) is 4. The Morgan fingerprint density at radius 1 is 1.18 bits per heavy atom. The molecule has 1 atom stereocenters. The van der Waals surface area contributed by atoms with E-state index in [0.717, 1.165) is 53.6 Å². The van der Waals surface area contributed by atoms with Crippen LogP contribution < -0.4 is 15.8 Å². The number of hydrogen-bond donors (Lipinski definition) is 3. The second kappa shape index (κ2) is 8.07. The molecule has 1 saturated heterocycles. The van der Waals surface area contributed by atoms with Gasteiger partial charge in [0.1, 0.15) is 0 Å². The Morgan fingerprint density at radius 3 is 2.75 bits per heavy atom. The molecule has 1 aliphatic rings.